The van der Waals surface area contributed by atoms with Crippen LogP contribution in [0.25, 0.3) is 0 Å². The minimum atomic E-state index is -1.49. The molecule has 0 aromatic rings. The lowest BCUT2D eigenvalue weighted by molar-refractivity contribution is -0.0550. The van der Waals surface area contributed by atoms with Crippen molar-refractivity contribution in [2.24, 2.45) is 52.3 Å². The Labute approximate surface area is 195 Å². The molecule has 2 heteroatoms. The number of fused-ring (bicyclic) bond motifs is 5. The van der Waals surface area contributed by atoms with Crippen molar-refractivity contribution in [3.63, 3.8) is 0 Å². The summed E-state index contributed by atoms with van der Waals surface area (Å²) in [6, 6.07) is 1.36. The molecule has 0 bridgehead atoms. The van der Waals surface area contributed by atoms with Crippen molar-refractivity contribution >= 4 is 8.32 Å². The Bertz CT molecular complexity index is 680. The molecule has 0 aromatic heterocycles. The molecule has 4 aliphatic rings. The number of hydrogen-bond donors (Lipinski definition) is 0. The highest BCUT2D eigenvalue weighted by Crippen LogP contribution is 2.67. The smallest absolute Gasteiger partial charge is 0.186 e. The van der Waals surface area contributed by atoms with Crippen LogP contribution in [0.3, 0.4) is 0 Å². The zero-order chi connectivity index (χ0) is 22.6. The molecule has 0 saturated heterocycles. The van der Waals surface area contributed by atoms with Crippen LogP contribution in [0.4, 0.5) is 0 Å². The Hall–Kier alpha value is -0.0831. The van der Waals surface area contributed by atoms with Gasteiger partial charge in [-0.2, -0.15) is 0 Å². The van der Waals surface area contributed by atoms with E-state index in [0.29, 0.717) is 10.8 Å². The first kappa shape index (κ1) is 24.1. The van der Waals surface area contributed by atoms with E-state index < -0.39 is 8.32 Å². The summed E-state index contributed by atoms with van der Waals surface area (Å²) >= 11 is 0. The van der Waals surface area contributed by atoms with Crippen LogP contribution >= 0.6 is 0 Å². The highest BCUT2D eigenvalue weighted by molar-refractivity contribution is 6.71. The SMILES string of the molecule is CO[Si](C)(C)CC1CCC2=CCC3C(CCC4(C)C(C(C)CC(C)C)CCC34)C2(C)C1. The fraction of sp³-hybridized carbons (Fsp3) is 0.931. The second-order valence-electron chi connectivity index (χ2n) is 13.9. The van der Waals surface area contributed by atoms with Gasteiger partial charge in [0.1, 0.15) is 0 Å². The molecule has 8 atom stereocenters. The van der Waals surface area contributed by atoms with E-state index in [1.807, 2.05) is 12.7 Å². The van der Waals surface area contributed by atoms with Crippen LogP contribution in [0.2, 0.25) is 19.1 Å². The maximum Gasteiger partial charge on any atom is 0.186 e. The molecule has 31 heavy (non-hydrogen) atoms. The zero-order valence-corrected chi connectivity index (χ0v) is 23.1. The lowest BCUT2D eigenvalue weighted by Crippen LogP contribution is -2.51. The van der Waals surface area contributed by atoms with Gasteiger partial charge in [0.2, 0.25) is 0 Å². The van der Waals surface area contributed by atoms with Gasteiger partial charge < -0.3 is 4.43 Å². The summed E-state index contributed by atoms with van der Waals surface area (Å²) < 4.78 is 5.97. The maximum absolute atomic E-state index is 5.97. The summed E-state index contributed by atoms with van der Waals surface area (Å²) in [6.45, 7) is 17.7. The maximum atomic E-state index is 5.97. The average molecular weight is 445 g/mol. The van der Waals surface area contributed by atoms with E-state index in [-0.39, 0.29) is 0 Å². The highest BCUT2D eigenvalue weighted by Gasteiger charge is 2.59. The Morgan fingerprint density at radius 1 is 1.06 bits per heavy atom. The summed E-state index contributed by atoms with van der Waals surface area (Å²) in [6.07, 6.45) is 15.8. The first-order chi connectivity index (χ1) is 14.5. The molecule has 3 fully saturated rings. The van der Waals surface area contributed by atoms with Crippen molar-refractivity contribution in [3.05, 3.63) is 11.6 Å². The Balaban J connectivity index is 1.54. The molecule has 3 saturated carbocycles. The van der Waals surface area contributed by atoms with Gasteiger partial charge in [-0.15, -0.1) is 0 Å². The van der Waals surface area contributed by atoms with Crippen LogP contribution in [-0.2, 0) is 4.43 Å². The molecule has 0 aliphatic heterocycles. The molecule has 178 valence electrons. The summed E-state index contributed by atoms with van der Waals surface area (Å²) in [4.78, 5) is 0. The van der Waals surface area contributed by atoms with E-state index in [4.69, 9.17) is 4.43 Å². The molecule has 0 amide bonds. The van der Waals surface area contributed by atoms with E-state index in [0.717, 1.165) is 41.4 Å². The number of hydrogen-bond acceptors (Lipinski definition) is 1. The molecule has 0 spiro atoms. The molecule has 0 N–H and O–H groups in total. The summed E-state index contributed by atoms with van der Waals surface area (Å²) in [7, 11) is 0.470. The van der Waals surface area contributed by atoms with E-state index in [2.05, 4.69) is 53.8 Å². The summed E-state index contributed by atoms with van der Waals surface area (Å²) in [5.74, 6) is 6.47. The summed E-state index contributed by atoms with van der Waals surface area (Å²) in [5.41, 5.74) is 2.94. The molecule has 0 aromatic carbocycles. The second kappa shape index (κ2) is 8.61. The monoisotopic (exact) mass is 444 g/mol. The fourth-order valence-corrected chi connectivity index (χ4v) is 11.6. The van der Waals surface area contributed by atoms with Crippen LogP contribution in [0.1, 0.15) is 92.4 Å². The van der Waals surface area contributed by atoms with E-state index in [1.54, 1.807) is 0 Å². The molecule has 1 nitrogen and oxygen atoms in total. The molecule has 4 aliphatic carbocycles. The third-order valence-electron chi connectivity index (χ3n) is 11.1. The highest BCUT2D eigenvalue weighted by atomic mass is 28.4. The largest absolute Gasteiger partial charge is 0.420 e. The van der Waals surface area contributed by atoms with Gasteiger partial charge in [-0.25, -0.2) is 0 Å². The predicted molar refractivity (Wildman–Crippen MR) is 137 cm³/mol. The van der Waals surface area contributed by atoms with Gasteiger partial charge in [0.15, 0.2) is 8.32 Å². The predicted octanol–water partition coefficient (Wildman–Crippen LogP) is 8.72. The average Bonchev–Trinajstić information content (AvgIpc) is 3.04. The normalized spacial score (nSPS) is 43.8. The molecule has 0 radical (unpaired) electrons. The molecule has 0 heterocycles. The van der Waals surface area contributed by atoms with Gasteiger partial charge in [-0.3, -0.25) is 0 Å². The quantitative estimate of drug-likeness (QED) is 0.294. The zero-order valence-electron chi connectivity index (χ0n) is 22.1. The van der Waals surface area contributed by atoms with Gasteiger partial charge in [-0.05, 0) is 129 Å². The van der Waals surface area contributed by atoms with Crippen molar-refractivity contribution in [3.8, 4) is 0 Å². The molecule has 4 rings (SSSR count). The van der Waals surface area contributed by atoms with E-state index >= 15 is 0 Å². The minimum Gasteiger partial charge on any atom is -0.420 e. The van der Waals surface area contributed by atoms with Crippen LogP contribution in [0, 0.1) is 52.3 Å². The van der Waals surface area contributed by atoms with Gasteiger partial charge >= 0.3 is 0 Å². The van der Waals surface area contributed by atoms with Crippen LogP contribution < -0.4 is 0 Å². The topological polar surface area (TPSA) is 9.23 Å². The Morgan fingerprint density at radius 2 is 1.81 bits per heavy atom. The first-order valence-electron chi connectivity index (χ1n) is 13.7. The third-order valence-corrected chi connectivity index (χ3v) is 13.8. The van der Waals surface area contributed by atoms with Crippen molar-refractivity contribution < 1.29 is 4.43 Å². The number of allylic oxidation sites excluding steroid dienone is 2. The third kappa shape index (κ3) is 4.27. The molecular weight excluding hydrogens is 392 g/mol. The minimum absolute atomic E-state index is 0.479. The van der Waals surface area contributed by atoms with Gasteiger partial charge in [0.05, 0.1) is 0 Å². The van der Waals surface area contributed by atoms with Crippen molar-refractivity contribution in [2.45, 2.75) is 112 Å². The van der Waals surface area contributed by atoms with Crippen molar-refractivity contribution in [1.82, 2.24) is 0 Å². The van der Waals surface area contributed by atoms with E-state index in [9.17, 15) is 0 Å². The standard InChI is InChI=1S/C29H52OSi/c1-20(2)17-21(3)25-13-14-26-24-12-11-23-10-9-22(19-31(7,8)30-6)18-29(23,5)27(24)15-16-28(25,26)4/h11,20-22,24-27H,9-10,12-19H2,1-8H3. The fourth-order valence-electron chi connectivity index (χ4n) is 9.72. The Kier molecular flexibility index (Phi) is 6.68. The first-order valence-corrected chi connectivity index (χ1v) is 16.9. The van der Waals surface area contributed by atoms with Gasteiger partial charge in [-0.1, -0.05) is 46.3 Å². The van der Waals surface area contributed by atoms with Gasteiger partial charge in [0, 0.05) is 7.11 Å². The lowest BCUT2D eigenvalue weighted by Gasteiger charge is -2.59. The van der Waals surface area contributed by atoms with Crippen LogP contribution in [0.5, 0.6) is 0 Å². The number of rotatable bonds is 6. The Morgan fingerprint density at radius 3 is 2.48 bits per heavy atom. The lowest BCUT2D eigenvalue weighted by atomic mass is 9.46. The molecular formula is C29H52OSi. The van der Waals surface area contributed by atoms with E-state index in [1.165, 1.54) is 63.8 Å². The van der Waals surface area contributed by atoms with Crippen molar-refractivity contribution in [2.75, 3.05) is 7.11 Å². The van der Waals surface area contributed by atoms with Crippen LogP contribution in [0.15, 0.2) is 11.6 Å². The second-order valence-corrected chi connectivity index (χ2v) is 18.2. The van der Waals surface area contributed by atoms with Crippen molar-refractivity contribution in [1.29, 1.82) is 0 Å². The van der Waals surface area contributed by atoms with Gasteiger partial charge in [0.25, 0.3) is 0 Å². The van der Waals surface area contributed by atoms with Crippen LogP contribution in [-0.4, -0.2) is 15.4 Å². The summed E-state index contributed by atoms with van der Waals surface area (Å²) in [5, 5.41) is 0. The molecule has 8 unspecified atom stereocenters.